The van der Waals surface area contributed by atoms with Crippen molar-refractivity contribution >= 4 is 11.7 Å². The van der Waals surface area contributed by atoms with Gasteiger partial charge in [-0.3, -0.25) is 0 Å². The lowest BCUT2D eigenvalue weighted by Gasteiger charge is -2.24. The standard InChI is InChI=1S/C12H15NO3/c13-10-3-1-2-9(12(14)15)11(10)8-4-6-16-7-5-8/h1-3,8H,4-7,13H2,(H,14,15). The van der Waals surface area contributed by atoms with E-state index >= 15 is 0 Å². The largest absolute Gasteiger partial charge is 0.478 e. The monoisotopic (exact) mass is 221 g/mol. The van der Waals surface area contributed by atoms with E-state index in [0.29, 0.717) is 24.5 Å². The predicted octanol–water partition coefficient (Wildman–Crippen LogP) is 1.86. The maximum atomic E-state index is 11.1. The van der Waals surface area contributed by atoms with E-state index in [-0.39, 0.29) is 5.92 Å². The number of carboxylic acids is 1. The van der Waals surface area contributed by atoms with E-state index in [1.807, 2.05) is 0 Å². The van der Waals surface area contributed by atoms with Crippen LogP contribution in [0.25, 0.3) is 0 Å². The molecule has 0 amide bonds. The Labute approximate surface area is 94.0 Å². The highest BCUT2D eigenvalue weighted by molar-refractivity contribution is 5.91. The molecule has 86 valence electrons. The Morgan fingerprint density at radius 2 is 2.06 bits per heavy atom. The average Bonchev–Trinajstić information content (AvgIpc) is 2.29. The van der Waals surface area contributed by atoms with Gasteiger partial charge in [-0.25, -0.2) is 4.79 Å². The van der Waals surface area contributed by atoms with Crippen LogP contribution in [-0.2, 0) is 4.74 Å². The van der Waals surface area contributed by atoms with Gasteiger partial charge in [0.1, 0.15) is 0 Å². The molecule has 4 nitrogen and oxygen atoms in total. The van der Waals surface area contributed by atoms with Gasteiger partial charge in [0.2, 0.25) is 0 Å². The van der Waals surface area contributed by atoms with Crippen molar-refractivity contribution in [3.63, 3.8) is 0 Å². The van der Waals surface area contributed by atoms with Crippen LogP contribution in [-0.4, -0.2) is 24.3 Å². The van der Waals surface area contributed by atoms with Gasteiger partial charge in [0.15, 0.2) is 0 Å². The Morgan fingerprint density at radius 1 is 1.38 bits per heavy atom. The van der Waals surface area contributed by atoms with E-state index in [9.17, 15) is 4.79 Å². The summed E-state index contributed by atoms with van der Waals surface area (Å²) in [6.45, 7) is 1.36. The molecular weight excluding hydrogens is 206 g/mol. The van der Waals surface area contributed by atoms with Gasteiger partial charge in [-0.15, -0.1) is 0 Å². The Bertz CT molecular complexity index is 397. The van der Waals surface area contributed by atoms with Crippen molar-refractivity contribution in [3.05, 3.63) is 29.3 Å². The molecule has 1 aliphatic heterocycles. The van der Waals surface area contributed by atoms with Gasteiger partial charge >= 0.3 is 5.97 Å². The molecule has 1 aromatic carbocycles. The normalized spacial score (nSPS) is 17.2. The van der Waals surface area contributed by atoms with Crippen LogP contribution in [0.5, 0.6) is 0 Å². The minimum absolute atomic E-state index is 0.209. The summed E-state index contributed by atoms with van der Waals surface area (Å²) in [4.78, 5) is 11.1. The number of ether oxygens (including phenoxy) is 1. The highest BCUT2D eigenvalue weighted by Crippen LogP contribution is 2.33. The molecule has 1 saturated heterocycles. The molecule has 0 aliphatic carbocycles. The molecule has 16 heavy (non-hydrogen) atoms. The summed E-state index contributed by atoms with van der Waals surface area (Å²) in [5, 5.41) is 9.13. The van der Waals surface area contributed by atoms with E-state index in [1.165, 1.54) is 0 Å². The van der Waals surface area contributed by atoms with Crippen LogP contribution >= 0.6 is 0 Å². The molecule has 3 N–H and O–H groups in total. The van der Waals surface area contributed by atoms with Gasteiger partial charge in [-0.05, 0) is 36.5 Å². The lowest BCUT2D eigenvalue weighted by atomic mass is 9.87. The smallest absolute Gasteiger partial charge is 0.336 e. The number of nitrogen functional groups attached to an aromatic ring is 1. The molecule has 1 aromatic rings. The Morgan fingerprint density at radius 3 is 2.69 bits per heavy atom. The Balaban J connectivity index is 2.40. The van der Waals surface area contributed by atoms with E-state index in [1.54, 1.807) is 18.2 Å². The molecule has 0 aromatic heterocycles. The molecule has 0 saturated carbocycles. The summed E-state index contributed by atoms with van der Waals surface area (Å²) >= 11 is 0. The molecule has 4 heteroatoms. The third kappa shape index (κ3) is 2.02. The van der Waals surface area contributed by atoms with Crippen molar-refractivity contribution in [1.29, 1.82) is 0 Å². The minimum atomic E-state index is -0.909. The molecule has 0 bridgehead atoms. The molecule has 0 unspecified atom stereocenters. The summed E-state index contributed by atoms with van der Waals surface area (Å²) in [6, 6.07) is 5.06. The highest BCUT2D eigenvalue weighted by Gasteiger charge is 2.23. The van der Waals surface area contributed by atoms with Crippen LogP contribution in [0.2, 0.25) is 0 Å². The van der Waals surface area contributed by atoms with Crippen LogP contribution in [0.1, 0.15) is 34.7 Å². The summed E-state index contributed by atoms with van der Waals surface area (Å²) in [5.74, 6) is -0.699. The van der Waals surface area contributed by atoms with Gasteiger partial charge < -0.3 is 15.6 Å². The third-order valence-corrected chi connectivity index (χ3v) is 3.00. The van der Waals surface area contributed by atoms with Crippen molar-refractivity contribution in [3.8, 4) is 0 Å². The first-order chi connectivity index (χ1) is 7.70. The van der Waals surface area contributed by atoms with Crippen molar-refractivity contribution in [2.24, 2.45) is 0 Å². The lowest BCUT2D eigenvalue weighted by Crippen LogP contribution is -2.18. The predicted molar refractivity (Wildman–Crippen MR) is 60.6 cm³/mol. The van der Waals surface area contributed by atoms with Crippen molar-refractivity contribution in [2.45, 2.75) is 18.8 Å². The van der Waals surface area contributed by atoms with Gasteiger partial charge in [-0.1, -0.05) is 6.07 Å². The third-order valence-electron chi connectivity index (χ3n) is 3.00. The number of aromatic carboxylic acids is 1. The second kappa shape index (κ2) is 4.53. The first-order valence-corrected chi connectivity index (χ1v) is 5.39. The second-order valence-electron chi connectivity index (χ2n) is 4.00. The van der Waals surface area contributed by atoms with Gasteiger partial charge in [-0.2, -0.15) is 0 Å². The van der Waals surface area contributed by atoms with Crippen LogP contribution in [0.4, 0.5) is 5.69 Å². The summed E-state index contributed by atoms with van der Waals surface area (Å²) in [5.41, 5.74) is 7.56. The van der Waals surface area contributed by atoms with Gasteiger partial charge in [0, 0.05) is 18.9 Å². The number of benzene rings is 1. The van der Waals surface area contributed by atoms with Gasteiger partial charge in [0.05, 0.1) is 5.56 Å². The van der Waals surface area contributed by atoms with Crippen LogP contribution in [0.15, 0.2) is 18.2 Å². The first-order valence-electron chi connectivity index (χ1n) is 5.39. The summed E-state index contributed by atoms with van der Waals surface area (Å²) in [6.07, 6.45) is 1.68. The SMILES string of the molecule is Nc1cccc(C(=O)O)c1C1CCOCC1. The fourth-order valence-electron chi connectivity index (χ4n) is 2.21. The van der Waals surface area contributed by atoms with Crippen LogP contribution in [0.3, 0.4) is 0 Å². The average molecular weight is 221 g/mol. The molecule has 1 fully saturated rings. The summed E-state index contributed by atoms with van der Waals surface area (Å²) < 4.78 is 5.27. The molecule has 2 rings (SSSR count). The molecule has 1 heterocycles. The Hall–Kier alpha value is -1.55. The van der Waals surface area contributed by atoms with E-state index < -0.39 is 5.97 Å². The quantitative estimate of drug-likeness (QED) is 0.748. The van der Waals surface area contributed by atoms with Crippen LogP contribution in [0, 0.1) is 0 Å². The number of rotatable bonds is 2. The highest BCUT2D eigenvalue weighted by atomic mass is 16.5. The minimum Gasteiger partial charge on any atom is -0.478 e. The molecule has 1 aliphatic rings. The number of nitrogens with two attached hydrogens (primary N) is 1. The zero-order valence-corrected chi connectivity index (χ0v) is 8.98. The second-order valence-corrected chi connectivity index (χ2v) is 4.00. The van der Waals surface area contributed by atoms with E-state index in [0.717, 1.165) is 18.4 Å². The maximum absolute atomic E-state index is 11.1. The molecule has 0 spiro atoms. The zero-order valence-electron chi connectivity index (χ0n) is 8.98. The van der Waals surface area contributed by atoms with Gasteiger partial charge in [0.25, 0.3) is 0 Å². The number of hydrogen-bond donors (Lipinski definition) is 2. The number of carboxylic acid groups (broad SMARTS) is 1. The number of hydrogen-bond acceptors (Lipinski definition) is 3. The zero-order chi connectivity index (χ0) is 11.5. The Kier molecular flexibility index (Phi) is 3.10. The fourth-order valence-corrected chi connectivity index (χ4v) is 2.21. The number of anilines is 1. The van der Waals surface area contributed by atoms with Crippen molar-refractivity contribution in [2.75, 3.05) is 18.9 Å². The van der Waals surface area contributed by atoms with Crippen molar-refractivity contribution in [1.82, 2.24) is 0 Å². The lowest BCUT2D eigenvalue weighted by molar-refractivity contribution is 0.0685. The number of carbonyl (C=O) groups is 1. The topological polar surface area (TPSA) is 72.6 Å². The maximum Gasteiger partial charge on any atom is 0.336 e. The fraction of sp³-hybridized carbons (Fsp3) is 0.417. The van der Waals surface area contributed by atoms with Crippen molar-refractivity contribution < 1.29 is 14.6 Å². The molecule has 0 radical (unpaired) electrons. The first kappa shape index (κ1) is 11.0. The summed E-state index contributed by atoms with van der Waals surface area (Å²) in [7, 11) is 0. The molecule has 0 atom stereocenters. The van der Waals surface area contributed by atoms with E-state index in [4.69, 9.17) is 15.6 Å². The van der Waals surface area contributed by atoms with E-state index in [2.05, 4.69) is 0 Å². The molecular formula is C12H15NO3. The van der Waals surface area contributed by atoms with Crippen LogP contribution < -0.4 is 5.73 Å².